The van der Waals surface area contributed by atoms with Gasteiger partial charge in [0.25, 0.3) is 0 Å². The SMILES string of the molecule is CCN(CCNCc1cccc2c1C(S(=O)(=O)c1ccccc1)CS2(=O)=O)c1cccc(C)c1.Cl.Cl. The van der Waals surface area contributed by atoms with Crippen LogP contribution in [0.25, 0.3) is 0 Å². The molecule has 0 aromatic heterocycles. The molecule has 1 aliphatic heterocycles. The average Bonchev–Trinajstić information content (AvgIpc) is 3.12. The minimum atomic E-state index is -3.85. The van der Waals surface area contributed by atoms with E-state index in [-0.39, 0.29) is 34.6 Å². The Kier molecular flexibility index (Phi) is 10.4. The van der Waals surface area contributed by atoms with Gasteiger partial charge < -0.3 is 10.2 Å². The highest BCUT2D eigenvalue weighted by Gasteiger charge is 2.44. The van der Waals surface area contributed by atoms with E-state index in [0.717, 1.165) is 18.8 Å². The number of hydrogen-bond donors (Lipinski definition) is 1. The van der Waals surface area contributed by atoms with Crippen molar-refractivity contribution in [2.75, 3.05) is 30.3 Å². The number of rotatable bonds is 9. The molecule has 1 N–H and O–H groups in total. The van der Waals surface area contributed by atoms with Crippen molar-refractivity contribution >= 4 is 50.2 Å². The van der Waals surface area contributed by atoms with E-state index in [1.807, 2.05) is 12.1 Å². The molecule has 1 atom stereocenters. The fraction of sp³-hybridized carbons (Fsp3) is 0.308. The third-order valence-corrected chi connectivity index (χ3v) is 10.3. The fourth-order valence-corrected chi connectivity index (χ4v) is 8.92. The van der Waals surface area contributed by atoms with Crippen LogP contribution in [0.3, 0.4) is 0 Å². The first-order chi connectivity index (χ1) is 16.2. The molecular formula is C26H32Cl2N2O4S2. The molecule has 196 valence electrons. The first-order valence-corrected chi connectivity index (χ1v) is 14.6. The molecule has 0 amide bonds. The molecule has 0 saturated heterocycles. The van der Waals surface area contributed by atoms with E-state index in [9.17, 15) is 16.8 Å². The molecule has 0 radical (unpaired) electrons. The van der Waals surface area contributed by atoms with Crippen LogP contribution in [-0.4, -0.2) is 42.2 Å². The second kappa shape index (κ2) is 12.4. The van der Waals surface area contributed by atoms with E-state index in [1.54, 1.807) is 24.3 Å². The van der Waals surface area contributed by atoms with Crippen molar-refractivity contribution in [1.82, 2.24) is 5.32 Å². The van der Waals surface area contributed by atoms with Gasteiger partial charge in [-0.1, -0.05) is 42.5 Å². The van der Waals surface area contributed by atoms with Crippen molar-refractivity contribution in [3.8, 4) is 0 Å². The van der Waals surface area contributed by atoms with Crippen LogP contribution in [0.15, 0.2) is 82.6 Å². The van der Waals surface area contributed by atoms with Gasteiger partial charge in [0.2, 0.25) is 0 Å². The highest BCUT2D eigenvalue weighted by molar-refractivity contribution is 7.96. The molecule has 3 aromatic rings. The van der Waals surface area contributed by atoms with Gasteiger partial charge in [0.1, 0.15) is 5.25 Å². The molecule has 0 spiro atoms. The van der Waals surface area contributed by atoms with Gasteiger partial charge in [-0.2, -0.15) is 0 Å². The van der Waals surface area contributed by atoms with E-state index >= 15 is 0 Å². The summed E-state index contributed by atoms with van der Waals surface area (Å²) in [5.41, 5.74) is 3.48. The highest BCUT2D eigenvalue weighted by Crippen LogP contribution is 2.42. The number of anilines is 1. The summed E-state index contributed by atoms with van der Waals surface area (Å²) in [6.07, 6.45) is 0. The molecule has 0 bridgehead atoms. The van der Waals surface area contributed by atoms with Crippen molar-refractivity contribution < 1.29 is 16.8 Å². The molecule has 0 fully saturated rings. The fourth-order valence-electron chi connectivity index (χ4n) is 4.50. The number of hydrogen-bond acceptors (Lipinski definition) is 6. The third kappa shape index (κ3) is 6.23. The van der Waals surface area contributed by atoms with Crippen molar-refractivity contribution in [2.45, 2.75) is 35.4 Å². The molecule has 1 aliphatic rings. The number of nitrogens with one attached hydrogen (secondary N) is 1. The minimum absolute atomic E-state index is 0. The van der Waals surface area contributed by atoms with Crippen LogP contribution in [0, 0.1) is 6.92 Å². The molecule has 0 aliphatic carbocycles. The Bertz CT molecular complexity index is 1380. The van der Waals surface area contributed by atoms with Crippen molar-refractivity contribution in [3.63, 3.8) is 0 Å². The topological polar surface area (TPSA) is 83.6 Å². The Hall–Kier alpha value is -2.10. The standard InChI is InChI=1S/C26H30N2O4S2.2ClH/c1-3-28(22-11-7-9-20(2)17-22)16-15-27-18-21-10-8-14-24-26(21)25(19-33(24,29)30)34(31,32)23-12-5-4-6-13-23;;/h4-14,17,25,27H,3,15-16,18-19H2,1-2H3;2*1H. The number of halogens is 2. The van der Waals surface area contributed by atoms with E-state index in [0.29, 0.717) is 24.2 Å². The Morgan fingerprint density at radius 2 is 1.67 bits per heavy atom. The zero-order valence-corrected chi connectivity index (χ0v) is 23.5. The highest BCUT2D eigenvalue weighted by atomic mass is 35.5. The lowest BCUT2D eigenvalue weighted by atomic mass is 10.1. The zero-order valence-electron chi connectivity index (χ0n) is 20.3. The predicted octanol–water partition coefficient (Wildman–Crippen LogP) is 4.76. The third-order valence-electron chi connectivity index (χ3n) is 6.25. The smallest absolute Gasteiger partial charge is 0.186 e. The monoisotopic (exact) mass is 570 g/mol. The molecule has 1 heterocycles. The summed E-state index contributed by atoms with van der Waals surface area (Å²) in [5, 5.41) is 2.28. The van der Waals surface area contributed by atoms with Crippen molar-refractivity contribution in [3.05, 3.63) is 89.5 Å². The van der Waals surface area contributed by atoms with E-state index < -0.39 is 30.7 Å². The minimum Gasteiger partial charge on any atom is -0.371 e. The van der Waals surface area contributed by atoms with Gasteiger partial charge in [0, 0.05) is 31.9 Å². The first kappa shape index (κ1) is 30.1. The number of nitrogens with zero attached hydrogens (tertiary/aromatic N) is 1. The van der Waals surface area contributed by atoms with Crippen LogP contribution in [0.5, 0.6) is 0 Å². The maximum absolute atomic E-state index is 13.4. The van der Waals surface area contributed by atoms with Crippen LogP contribution in [0.1, 0.15) is 28.9 Å². The maximum Gasteiger partial charge on any atom is 0.186 e. The van der Waals surface area contributed by atoms with Gasteiger partial charge in [0.15, 0.2) is 19.7 Å². The molecule has 6 nitrogen and oxygen atoms in total. The lowest BCUT2D eigenvalue weighted by molar-refractivity contribution is 0.581. The number of likely N-dealkylation sites (N-methyl/N-ethyl adjacent to an activating group) is 1. The van der Waals surface area contributed by atoms with E-state index in [4.69, 9.17) is 0 Å². The molecule has 36 heavy (non-hydrogen) atoms. The summed E-state index contributed by atoms with van der Waals surface area (Å²) in [4.78, 5) is 2.54. The van der Waals surface area contributed by atoms with E-state index in [1.165, 1.54) is 23.8 Å². The molecule has 4 rings (SSSR count). The molecule has 1 unspecified atom stereocenters. The van der Waals surface area contributed by atoms with Gasteiger partial charge in [0.05, 0.1) is 15.5 Å². The van der Waals surface area contributed by atoms with Crippen LogP contribution >= 0.6 is 24.8 Å². The summed E-state index contributed by atoms with van der Waals surface area (Å²) in [6, 6.07) is 21.5. The summed E-state index contributed by atoms with van der Waals surface area (Å²) >= 11 is 0. The quantitative estimate of drug-likeness (QED) is 0.373. The van der Waals surface area contributed by atoms with Crippen LogP contribution in [-0.2, 0) is 26.2 Å². The van der Waals surface area contributed by atoms with Crippen molar-refractivity contribution in [1.29, 1.82) is 0 Å². The lowest BCUT2D eigenvalue weighted by Crippen LogP contribution is -2.32. The van der Waals surface area contributed by atoms with Gasteiger partial charge >= 0.3 is 0 Å². The summed E-state index contributed by atoms with van der Waals surface area (Å²) < 4.78 is 52.5. The molecular weight excluding hydrogens is 539 g/mol. The summed E-state index contributed by atoms with van der Waals surface area (Å²) in [5.74, 6) is -0.423. The molecule has 10 heteroatoms. The molecule has 3 aromatic carbocycles. The number of fused-ring (bicyclic) bond motifs is 1. The summed E-state index contributed by atoms with van der Waals surface area (Å²) in [6.45, 7) is 6.88. The average molecular weight is 572 g/mol. The van der Waals surface area contributed by atoms with Crippen LogP contribution in [0.4, 0.5) is 5.69 Å². The predicted molar refractivity (Wildman–Crippen MR) is 150 cm³/mol. The van der Waals surface area contributed by atoms with Crippen molar-refractivity contribution in [2.24, 2.45) is 0 Å². The number of sulfone groups is 2. The van der Waals surface area contributed by atoms with Gasteiger partial charge in [-0.05, 0) is 60.9 Å². The zero-order chi connectivity index (χ0) is 24.3. The maximum atomic E-state index is 13.4. The van der Waals surface area contributed by atoms with E-state index in [2.05, 4.69) is 42.3 Å². The Morgan fingerprint density at radius 3 is 2.33 bits per heavy atom. The first-order valence-electron chi connectivity index (χ1n) is 11.4. The molecule has 0 saturated carbocycles. The Labute approximate surface area is 226 Å². The summed E-state index contributed by atoms with van der Waals surface area (Å²) in [7, 11) is -7.52. The Morgan fingerprint density at radius 1 is 0.972 bits per heavy atom. The van der Waals surface area contributed by atoms with Gasteiger partial charge in [-0.3, -0.25) is 0 Å². The normalized spacial score (nSPS) is 15.9. The van der Waals surface area contributed by atoms with Gasteiger partial charge in [-0.25, -0.2) is 16.8 Å². The lowest BCUT2D eigenvalue weighted by Gasteiger charge is -2.24. The van der Waals surface area contributed by atoms with Gasteiger partial charge in [-0.15, -0.1) is 24.8 Å². The van der Waals surface area contributed by atoms with Crippen LogP contribution in [0.2, 0.25) is 0 Å². The number of aryl methyl sites for hydroxylation is 1. The Balaban J connectivity index is 0.00000228. The second-order valence-electron chi connectivity index (χ2n) is 8.55. The second-order valence-corrected chi connectivity index (χ2v) is 12.7. The van der Waals surface area contributed by atoms with Crippen LogP contribution < -0.4 is 10.2 Å². The largest absolute Gasteiger partial charge is 0.371 e. The number of benzene rings is 3.